The summed E-state index contributed by atoms with van der Waals surface area (Å²) in [6, 6.07) is -0.668. The second-order valence-electron chi connectivity index (χ2n) is 6.89. The summed E-state index contributed by atoms with van der Waals surface area (Å²) in [4.78, 5) is 44.0. The highest BCUT2D eigenvalue weighted by atomic mass is 16.2. The number of barbiturate groups is 1. The molecule has 7 nitrogen and oxygen atoms in total. The highest BCUT2D eigenvalue weighted by Crippen LogP contribution is 2.24. The van der Waals surface area contributed by atoms with Crippen LogP contribution in [-0.2, 0) is 9.59 Å². The van der Waals surface area contributed by atoms with Crippen LogP contribution < -0.4 is 10.2 Å². The number of rotatable bonds is 7. The maximum Gasteiger partial charge on any atom is 0.331 e. The lowest BCUT2D eigenvalue weighted by Crippen LogP contribution is -3.11. The summed E-state index contributed by atoms with van der Waals surface area (Å²) < 4.78 is 0. The van der Waals surface area contributed by atoms with Gasteiger partial charge >= 0.3 is 6.03 Å². The third-order valence-electron chi connectivity index (χ3n) is 5.27. The predicted octanol–water partition coefficient (Wildman–Crippen LogP) is 0.399. The maximum absolute atomic E-state index is 12.7. The van der Waals surface area contributed by atoms with E-state index in [1.54, 1.807) is 0 Å². The van der Waals surface area contributed by atoms with Crippen LogP contribution in [0.3, 0.4) is 0 Å². The lowest BCUT2D eigenvalue weighted by Gasteiger charge is -2.34. The number of urea groups is 1. The molecule has 0 aromatic heterocycles. The van der Waals surface area contributed by atoms with E-state index >= 15 is 0 Å². The molecule has 25 heavy (non-hydrogen) atoms. The zero-order valence-corrected chi connectivity index (χ0v) is 15.4. The van der Waals surface area contributed by atoms with Crippen LogP contribution in [0.1, 0.15) is 52.4 Å². The number of nitrogens with zero attached hydrogens (tertiary/aromatic N) is 2. The maximum atomic E-state index is 12.7. The van der Waals surface area contributed by atoms with E-state index in [4.69, 9.17) is 0 Å². The first-order valence-corrected chi connectivity index (χ1v) is 9.59. The van der Waals surface area contributed by atoms with E-state index in [0.717, 1.165) is 58.2 Å². The smallest absolute Gasteiger partial charge is 0.331 e. The minimum Gasteiger partial charge on any atom is -0.334 e. The average Bonchev–Trinajstić information content (AvgIpc) is 2.86. The Bertz CT molecular complexity index is 508. The molecule has 1 saturated carbocycles. The van der Waals surface area contributed by atoms with Crippen molar-refractivity contribution in [3.8, 4) is 0 Å². The number of amides is 4. The van der Waals surface area contributed by atoms with Crippen molar-refractivity contribution in [1.29, 1.82) is 0 Å². The van der Waals surface area contributed by atoms with Crippen LogP contribution >= 0.6 is 0 Å². The molecular weight excluding hydrogens is 320 g/mol. The van der Waals surface area contributed by atoms with Gasteiger partial charge in [0.1, 0.15) is 0 Å². The molecule has 1 aliphatic heterocycles. The molecule has 2 aliphatic rings. The molecule has 2 fully saturated rings. The number of hydrogen-bond donors (Lipinski definition) is 2. The van der Waals surface area contributed by atoms with Crippen molar-refractivity contribution in [2.45, 2.75) is 58.4 Å². The van der Waals surface area contributed by atoms with Gasteiger partial charge in [-0.3, -0.25) is 24.8 Å². The summed E-state index contributed by atoms with van der Waals surface area (Å²) in [5.41, 5.74) is 0. The summed E-state index contributed by atoms with van der Waals surface area (Å²) in [5.74, 6) is -1.95. The summed E-state index contributed by atoms with van der Waals surface area (Å²) in [6.07, 6.45) is 7.37. The normalized spacial score (nSPS) is 23.4. The Hall–Kier alpha value is -1.76. The molecule has 140 valence electrons. The van der Waals surface area contributed by atoms with Crippen LogP contribution in [0, 0.1) is 5.92 Å². The Morgan fingerprint density at radius 3 is 2.36 bits per heavy atom. The van der Waals surface area contributed by atoms with Gasteiger partial charge < -0.3 is 4.90 Å². The Kier molecular flexibility index (Phi) is 7.55. The van der Waals surface area contributed by atoms with Crippen molar-refractivity contribution in [2.75, 3.05) is 26.2 Å². The SMILES string of the molecule is CC[NH+](CC)CCN=CC1C(=O)NC(=O)N(C2CCCCCC2)C1=O. The van der Waals surface area contributed by atoms with Crippen molar-refractivity contribution >= 4 is 24.1 Å². The van der Waals surface area contributed by atoms with E-state index in [9.17, 15) is 14.4 Å². The van der Waals surface area contributed by atoms with Gasteiger partial charge in [0.2, 0.25) is 11.8 Å². The molecule has 2 rings (SSSR count). The van der Waals surface area contributed by atoms with Gasteiger partial charge in [-0.1, -0.05) is 25.7 Å². The van der Waals surface area contributed by atoms with Crippen LogP contribution in [0.5, 0.6) is 0 Å². The van der Waals surface area contributed by atoms with Crippen LogP contribution in [0.25, 0.3) is 0 Å². The van der Waals surface area contributed by atoms with Crippen LogP contribution in [0.2, 0.25) is 0 Å². The summed E-state index contributed by atoms with van der Waals surface area (Å²) in [7, 11) is 0. The Labute approximate surface area is 149 Å². The number of quaternary nitrogens is 1. The van der Waals surface area contributed by atoms with E-state index in [0.29, 0.717) is 6.54 Å². The van der Waals surface area contributed by atoms with Crippen LogP contribution in [0.4, 0.5) is 4.79 Å². The molecule has 0 radical (unpaired) electrons. The Balaban J connectivity index is 2.01. The van der Waals surface area contributed by atoms with Gasteiger partial charge in [0.15, 0.2) is 5.92 Å². The Morgan fingerprint density at radius 2 is 1.76 bits per heavy atom. The predicted molar refractivity (Wildman–Crippen MR) is 95.6 cm³/mol. The molecule has 4 amide bonds. The van der Waals surface area contributed by atoms with Gasteiger partial charge in [0, 0.05) is 12.3 Å². The van der Waals surface area contributed by atoms with Crippen LogP contribution in [0.15, 0.2) is 4.99 Å². The van der Waals surface area contributed by atoms with Crippen molar-refractivity contribution in [1.82, 2.24) is 10.2 Å². The minimum atomic E-state index is -0.979. The molecular formula is C18H31N4O3+. The molecule has 1 atom stereocenters. The summed E-state index contributed by atoms with van der Waals surface area (Å²) in [5, 5.41) is 2.33. The standard InChI is InChI=1S/C18H30N4O3/c1-3-21(4-2)12-11-19-13-15-16(23)20-18(25)22(17(15)24)14-9-7-5-6-8-10-14/h13-15H,3-12H2,1-2H3,(H,20,23,25)/p+1. The number of aliphatic imine (C=N–C) groups is 1. The number of carbonyl (C=O) groups excluding carboxylic acids is 3. The molecule has 7 heteroatoms. The van der Waals surface area contributed by atoms with E-state index < -0.39 is 23.8 Å². The van der Waals surface area contributed by atoms with E-state index in [1.807, 2.05) is 0 Å². The van der Waals surface area contributed by atoms with E-state index in [-0.39, 0.29) is 6.04 Å². The average molecular weight is 351 g/mol. The second-order valence-corrected chi connectivity index (χ2v) is 6.89. The first-order valence-electron chi connectivity index (χ1n) is 9.59. The zero-order chi connectivity index (χ0) is 18.2. The van der Waals surface area contributed by atoms with Gasteiger partial charge in [-0.15, -0.1) is 0 Å². The number of nitrogens with one attached hydrogen (secondary N) is 2. The highest BCUT2D eigenvalue weighted by molar-refractivity contribution is 6.23. The van der Waals surface area contributed by atoms with Crippen LogP contribution in [-0.4, -0.2) is 61.2 Å². The molecule has 0 bridgehead atoms. The number of imide groups is 2. The van der Waals surface area contributed by atoms with E-state index in [1.165, 1.54) is 16.0 Å². The summed E-state index contributed by atoms with van der Waals surface area (Å²) in [6.45, 7) is 7.74. The Morgan fingerprint density at radius 1 is 1.12 bits per heavy atom. The molecule has 0 spiro atoms. The molecule has 1 aliphatic carbocycles. The first-order chi connectivity index (χ1) is 12.1. The fraction of sp³-hybridized carbons (Fsp3) is 0.778. The molecule has 1 saturated heterocycles. The largest absolute Gasteiger partial charge is 0.334 e. The van der Waals surface area contributed by atoms with Crippen molar-refractivity contribution in [3.63, 3.8) is 0 Å². The number of hydrogen-bond acceptors (Lipinski definition) is 4. The number of likely N-dealkylation sites (N-methyl/N-ethyl adjacent to an activating group) is 1. The van der Waals surface area contributed by atoms with Gasteiger partial charge in [0.25, 0.3) is 0 Å². The molecule has 2 N–H and O–H groups in total. The lowest BCUT2D eigenvalue weighted by molar-refractivity contribution is -0.894. The molecule has 1 heterocycles. The zero-order valence-electron chi connectivity index (χ0n) is 15.4. The van der Waals surface area contributed by atoms with Gasteiger partial charge in [-0.2, -0.15) is 0 Å². The number of carbonyl (C=O) groups is 3. The lowest BCUT2D eigenvalue weighted by atomic mass is 10.0. The minimum absolute atomic E-state index is 0.0980. The third kappa shape index (κ3) is 5.11. The third-order valence-corrected chi connectivity index (χ3v) is 5.27. The molecule has 0 aromatic rings. The monoisotopic (exact) mass is 351 g/mol. The first kappa shape index (κ1) is 19.6. The van der Waals surface area contributed by atoms with Gasteiger partial charge in [-0.25, -0.2) is 4.79 Å². The molecule has 1 unspecified atom stereocenters. The van der Waals surface area contributed by atoms with Gasteiger partial charge in [-0.05, 0) is 26.7 Å². The van der Waals surface area contributed by atoms with Crippen molar-refractivity contribution < 1.29 is 19.3 Å². The van der Waals surface area contributed by atoms with E-state index in [2.05, 4.69) is 24.2 Å². The fourth-order valence-electron chi connectivity index (χ4n) is 3.60. The molecule has 0 aromatic carbocycles. The highest BCUT2D eigenvalue weighted by Gasteiger charge is 2.42. The fourth-order valence-corrected chi connectivity index (χ4v) is 3.60. The summed E-state index contributed by atoms with van der Waals surface area (Å²) >= 11 is 0. The van der Waals surface area contributed by atoms with Crippen molar-refractivity contribution in [2.24, 2.45) is 10.9 Å². The second kappa shape index (κ2) is 9.65. The quantitative estimate of drug-likeness (QED) is 0.396. The topological polar surface area (TPSA) is 83.3 Å². The van der Waals surface area contributed by atoms with Gasteiger partial charge in [0.05, 0.1) is 26.2 Å². The van der Waals surface area contributed by atoms with Crippen molar-refractivity contribution in [3.05, 3.63) is 0 Å².